The number of nitrogens with one attached hydrogen (secondary N) is 1. The van der Waals surface area contributed by atoms with E-state index in [1.807, 2.05) is 51.1 Å². The molecule has 3 atom stereocenters. The van der Waals surface area contributed by atoms with Crippen molar-refractivity contribution in [3.63, 3.8) is 0 Å². The second-order valence-electron chi connectivity index (χ2n) is 14.9. The first kappa shape index (κ1) is 38.1. The summed E-state index contributed by atoms with van der Waals surface area (Å²) in [6.45, 7) is 13.4. The zero-order valence-corrected chi connectivity index (χ0v) is 30.4. The third-order valence-electron chi connectivity index (χ3n) is 8.75. The van der Waals surface area contributed by atoms with E-state index < -0.39 is 41.0 Å². The molecule has 12 heteroatoms. The van der Waals surface area contributed by atoms with Gasteiger partial charge in [-0.2, -0.15) is 0 Å². The summed E-state index contributed by atoms with van der Waals surface area (Å²) >= 11 is 0. The van der Waals surface area contributed by atoms with Crippen LogP contribution in [0.15, 0.2) is 65.2 Å². The molecule has 0 bridgehead atoms. The maximum atomic E-state index is 14.3. The molecule has 1 fully saturated rings. The van der Waals surface area contributed by atoms with Crippen molar-refractivity contribution in [2.24, 2.45) is 5.41 Å². The Kier molecular flexibility index (Phi) is 12.1. The van der Waals surface area contributed by atoms with Crippen LogP contribution in [0.5, 0.6) is 0 Å². The van der Waals surface area contributed by atoms with E-state index in [1.54, 1.807) is 49.6 Å². The molecule has 0 radical (unpaired) electrons. The second-order valence-corrected chi connectivity index (χ2v) is 14.9. The van der Waals surface area contributed by atoms with Crippen molar-refractivity contribution in [1.29, 1.82) is 0 Å². The average molecular weight is 692 g/mol. The Morgan fingerprint density at radius 2 is 1.70 bits per heavy atom. The van der Waals surface area contributed by atoms with Crippen molar-refractivity contribution in [1.82, 2.24) is 25.0 Å². The predicted molar refractivity (Wildman–Crippen MR) is 188 cm³/mol. The molecule has 0 unspecified atom stereocenters. The Balaban J connectivity index is 1.53. The molecule has 0 saturated carbocycles. The van der Waals surface area contributed by atoms with E-state index in [4.69, 9.17) is 9.15 Å². The van der Waals surface area contributed by atoms with Crippen LogP contribution in [-0.4, -0.2) is 93.9 Å². The largest absolute Gasteiger partial charge is 0.444 e. The minimum atomic E-state index is -0.909. The number of rotatable bonds is 11. The second kappa shape index (κ2) is 15.9. The van der Waals surface area contributed by atoms with Crippen molar-refractivity contribution in [2.45, 2.75) is 91.5 Å². The SMILES string of the molecule is C[C@@H](C(=O)N[C@H](C(=O)N1CCC[C@H]1CN(CCc1ccc(F)cc1)C(=O)c1ncc(-c2ccccc2)o1)C(C)(C)C)N(C)C(=O)OC(C)(C)C. The number of carbonyl (C=O) groups excluding carboxylic acids is 4. The first-order valence-corrected chi connectivity index (χ1v) is 17.1. The summed E-state index contributed by atoms with van der Waals surface area (Å²) in [7, 11) is 1.48. The molecular formula is C38H50FN5O6. The van der Waals surface area contributed by atoms with Crippen LogP contribution < -0.4 is 5.32 Å². The van der Waals surface area contributed by atoms with Crippen LogP contribution in [0.2, 0.25) is 0 Å². The van der Waals surface area contributed by atoms with Crippen LogP contribution in [0.25, 0.3) is 11.3 Å². The quantitative estimate of drug-likeness (QED) is 0.264. The molecule has 0 aliphatic carbocycles. The van der Waals surface area contributed by atoms with Gasteiger partial charge in [0.1, 0.15) is 23.5 Å². The maximum absolute atomic E-state index is 14.3. The minimum absolute atomic E-state index is 0.0678. The molecule has 1 aliphatic rings. The Morgan fingerprint density at radius 1 is 1.04 bits per heavy atom. The number of hydrogen-bond donors (Lipinski definition) is 1. The number of hydrogen-bond acceptors (Lipinski definition) is 7. The number of likely N-dealkylation sites (N-methyl/N-ethyl adjacent to an activating group) is 1. The van der Waals surface area contributed by atoms with Crippen molar-refractivity contribution in [3.05, 3.63) is 78.1 Å². The topological polar surface area (TPSA) is 125 Å². The van der Waals surface area contributed by atoms with E-state index >= 15 is 0 Å². The van der Waals surface area contributed by atoms with Gasteiger partial charge in [-0.1, -0.05) is 63.2 Å². The summed E-state index contributed by atoms with van der Waals surface area (Å²) in [5, 5.41) is 2.91. The summed E-state index contributed by atoms with van der Waals surface area (Å²) < 4.78 is 24.9. The Hall–Kier alpha value is -4.74. The first-order chi connectivity index (χ1) is 23.4. The highest BCUT2D eigenvalue weighted by Crippen LogP contribution is 2.28. The zero-order valence-electron chi connectivity index (χ0n) is 30.4. The molecule has 1 aromatic heterocycles. The normalized spacial score (nSPS) is 16.0. The van der Waals surface area contributed by atoms with E-state index in [2.05, 4.69) is 10.3 Å². The van der Waals surface area contributed by atoms with Gasteiger partial charge in [-0.3, -0.25) is 19.3 Å². The molecule has 2 heterocycles. The molecule has 2 aromatic carbocycles. The summed E-state index contributed by atoms with van der Waals surface area (Å²) in [4.78, 5) is 63.2. The molecule has 50 heavy (non-hydrogen) atoms. The summed E-state index contributed by atoms with van der Waals surface area (Å²) in [6, 6.07) is 13.3. The van der Waals surface area contributed by atoms with Crippen molar-refractivity contribution < 1.29 is 32.7 Å². The molecular weight excluding hydrogens is 641 g/mol. The van der Waals surface area contributed by atoms with Crippen LogP contribution in [0.3, 0.4) is 0 Å². The van der Waals surface area contributed by atoms with Crippen molar-refractivity contribution in [3.8, 4) is 11.3 Å². The molecule has 1 N–H and O–H groups in total. The fraction of sp³-hybridized carbons (Fsp3) is 0.500. The highest BCUT2D eigenvalue weighted by Gasteiger charge is 2.42. The van der Waals surface area contributed by atoms with Gasteiger partial charge in [0.2, 0.25) is 11.8 Å². The van der Waals surface area contributed by atoms with E-state index in [9.17, 15) is 23.6 Å². The molecule has 1 saturated heterocycles. The molecule has 4 amide bonds. The van der Waals surface area contributed by atoms with E-state index in [0.717, 1.165) is 17.5 Å². The highest BCUT2D eigenvalue weighted by molar-refractivity contribution is 5.92. The zero-order chi connectivity index (χ0) is 36.8. The monoisotopic (exact) mass is 691 g/mol. The number of benzene rings is 2. The molecule has 11 nitrogen and oxygen atoms in total. The van der Waals surface area contributed by atoms with E-state index in [-0.39, 0.29) is 36.7 Å². The van der Waals surface area contributed by atoms with Gasteiger partial charge in [-0.05, 0) is 70.1 Å². The maximum Gasteiger partial charge on any atom is 0.410 e. The molecule has 0 spiro atoms. The minimum Gasteiger partial charge on any atom is -0.444 e. The fourth-order valence-electron chi connectivity index (χ4n) is 5.75. The molecule has 1 aliphatic heterocycles. The lowest BCUT2D eigenvalue weighted by atomic mass is 9.85. The highest BCUT2D eigenvalue weighted by atomic mass is 19.1. The third kappa shape index (κ3) is 9.92. The lowest BCUT2D eigenvalue weighted by Crippen LogP contribution is -2.59. The fourth-order valence-corrected chi connectivity index (χ4v) is 5.75. The third-order valence-corrected chi connectivity index (χ3v) is 8.75. The molecule has 270 valence electrons. The van der Waals surface area contributed by atoms with Gasteiger partial charge in [0.15, 0.2) is 5.76 Å². The number of nitrogens with zero attached hydrogens (tertiary/aromatic N) is 4. The number of oxazole rings is 1. The van der Waals surface area contributed by atoms with Gasteiger partial charge in [-0.25, -0.2) is 14.2 Å². The first-order valence-electron chi connectivity index (χ1n) is 17.1. The summed E-state index contributed by atoms with van der Waals surface area (Å²) in [5.74, 6) is -1.14. The number of amides is 4. The summed E-state index contributed by atoms with van der Waals surface area (Å²) in [6.07, 6.45) is 2.68. The summed E-state index contributed by atoms with van der Waals surface area (Å²) in [5.41, 5.74) is 0.226. The van der Waals surface area contributed by atoms with Gasteiger partial charge < -0.3 is 24.3 Å². The lowest BCUT2D eigenvalue weighted by molar-refractivity contribution is -0.141. The smallest absolute Gasteiger partial charge is 0.410 e. The van der Waals surface area contributed by atoms with Crippen LogP contribution in [0, 0.1) is 11.2 Å². The number of ether oxygens (including phenoxy) is 1. The van der Waals surface area contributed by atoms with E-state index in [0.29, 0.717) is 25.1 Å². The number of carbonyl (C=O) groups is 4. The Bertz CT molecular complexity index is 1630. The van der Waals surface area contributed by atoms with Gasteiger partial charge in [0.05, 0.1) is 6.20 Å². The van der Waals surface area contributed by atoms with Gasteiger partial charge >= 0.3 is 12.0 Å². The van der Waals surface area contributed by atoms with Gasteiger partial charge in [-0.15, -0.1) is 0 Å². The van der Waals surface area contributed by atoms with Crippen LogP contribution in [0.4, 0.5) is 9.18 Å². The van der Waals surface area contributed by atoms with Crippen molar-refractivity contribution in [2.75, 3.05) is 26.7 Å². The average Bonchev–Trinajstić information content (AvgIpc) is 3.74. The molecule has 3 aromatic rings. The van der Waals surface area contributed by atoms with Crippen LogP contribution in [-0.2, 0) is 20.7 Å². The van der Waals surface area contributed by atoms with Crippen LogP contribution >= 0.6 is 0 Å². The Morgan fingerprint density at radius 3 is 2.32 bits per heavy atom. The molecule has 4 rings (SSSR count). The number of aromatic nitrogens is 1. The Labute approximate surface area is 294 Å². The lowest BCUT2D eigenvalue weighted by Gasteiger charge is -2.38. The van der Waals surface area contributed by atoms with Crippen LogP contribution in [0.1, 0.15) is 77.6 Å². The van der Waals surface area contributed by atoms with Crippen molar-refractivity contribution >= 4 is 23.8 Å². The number of likely N-dealkylation sites (tertiary alicyclic amines) is 1. The van der Waals surface area contributed by atoms with Gasteiger partial charge in [0, 0.05) is 38.3 Å². The standard InChI is InChI=1S/C38H50FN5O6/c1-25(42(8)36(48)50-38(5,6)7)32(45)41-31(37(2,3)4)34(46)44-21-12-15-29(44)24-43(22-20-26-16-18-28(39)19-17-26)35(47)33-40-23-30(49-33)27-13-10-9-11-14-27/h9-11,13-14,16-19,23,25,29,31H,12,15,20-22,24H2,1-8H3,(H,41,45)/t25-,29-,31+/m0/s1. The number of halogens is 1. The van der Waals surface area contributed by atoms with E-state index in [1.165, 1.54) is 30.3 Å². The predicted octanol–water partition coefficient (Wildman–Crippen LogP) is 5.94. The van der Waals surface area contributed by atoms with Gasteiger partial charge in [0.25, 0.3) is 5.89 Å².